The molecule has 0 saturated heterocycles. The highest BCUT2D eigenvalue weighted by Gasteiger charge is 2.13. The molecule has 2 aromatic rings. The van der Waals surface area contributed by atoms with Gasteiger partial charge in [-0.1, -0.05) is 30.3 Å². The second-order valence-electron chi connectivity index (χ2n) is 6.20. The second kappa shape index (κ2) is 9.61. The van der Waals surface area contributed by atoms with E-state index in [4.69, 9.17) is 9.47 Å². The van der Waals surface area contributed by atoms with E-state index in [1.54, 1.807) is 18.2 Å². The molecule has 2 rings (SSSR count). The molecular weight excluding hydrogens is 330 g/mol. The lowest BCUT2D eigenvalue weighted by molar-refractivity contribution is -0.123. The maximum absolute atomic E-state index is 12.1. The Kier molecular flexibility index (Phi) is 7.21. The topological polar surface area (TPSA) is 64.6 Å². The third-order valence-corrected chi connectivity index (χ3v) is 4.04. The molecule has 1 N–H and O–H groups in total. The van der Waals surface area contributed by atoms with Crippen molar-refractivity contribution in [2.45, 2.75) is 32.7 Å². The van der Waals surface area contributed by atoms with E-state index in [1.807, 2.05) is 25.1 Å². The SMILES string of the molecule is COc1ccc(C(C)=O)c(OCC(=O)N[C@@H](C)CCc2ccccc2)c1. The summed E-state index contributed by atoms with van der Waals surface area (Å²) < 4.78 is 10.7. The lowest BCUT2D eigenvalue weighted by Crippen LogP contribution is -2.36. The molecule has 0 aromatic heterocycles. The molecule has 5 nitrogen and oxygen atoms in total. The van der Waals surface area contributed by atoms with Crippen LogP contribution in [0.1, 0.15) is 36.2 Å². The molecule has 1 atom stereocenters. The maximum atomic E-state index is 12.1. The molecule has 0 spiro atoms. The molecule has 1 amide bonds. The van der Waals surface area contributed by atoms with Gasteiger partial charge < -0.3 is 14.8 Å². The van der Waals surface area contributed by atoms with Crippen LogP contribution in [0.2, 0.25) is 0 Å². The minimum absolute atomic E-state index is 0.0314. The van der Waals surface area contributed by atoms with Gasteiger partial charge in [-0.25, -0.2) is 0 Å². The van der Waals surface area contributed by atoms with Crippen molar-refractivity contribution >= 4 is 11.7 Å². The number of rotatable bonds is 9. The van der Waals surface area contributed by atoms with Gasteiger partial charge in [-0.2, -0.15) is 0 Å². The lowest BCUT2D eigenvalue weighted by Gasteiger charge is -2.15. The normalized spacial score (nSPS) is 11.5. The van der Waals surface area contributed by atoms with E-state index in [0.29, 0.717) is 17.1 Å². The average Bonchev–Trinajstić information content (AvgIpc) is 2.65. The Bertz CT molecular complexity index is 743. The largest absolute Gasteiger partial charge is 0.497 e. The summed E-state index contributed by atoms with van der Waals surface area (Å²) in [6.45, 7) is 3.27. The summed E-state index contributed by atoms with van der Waals surface area (Å²) in [5.74, 6) is 0.577. The minimum Gasteiger partial charge on any atom is -0.497 e. The van der Waals surface area contributed by atoms with Gasteiger partial charge in [-0.15, -0.1) is 0 Å². The number of nitrogens with one attached hydrogen (secondary N) is 1. The zero-order valence-electron chi connectivity index (χ0n) is 15.5. The van der Waals surface area contributed by atoms with Gasteiger partial charge in [0.25, 0.3) is 5.91 Å². The predicted molar refractivity (Wildman–Crippen MR) is 101 cm³/mol. The summed E-state index contributed by atoms with van der Waals surface area (Å²) in [7, 11) is 1.54. The van der Waals surface area contributed by atoms with Crippen LogP contribution in [-0.2, 0) is 11.2 Å². The van der Waals surface area contributed by atoms with Crippen LogP contribution in [0, 0.1) is 0 Å². The van der Waals surface area contributed by atoms with E-state index in [2.05, 4.69) is 17.4 Å². The Hall–Kier alpha value is -2.82. The van der Waals surface area contributed by atoms with Gasteiger partial charge in [0.1, 0.15) is 11.5 Å². The van der Waals surface area contributed by atoms with Crippen LogP contribution in [0.5, 0.6) is 11.5 Å². The molecule has 0 aliphatic carbocycles. The monoisotopic (exact) mass is 355 g/mol. The smallest absolute Gasteiger partial charge is 0.258 e. The molecule has 0 aliphatic heterocycles. The Morgan fingerprint density at radius 2 is 1.85 bits per heavy atom. The summed E-state index contributed by atoms with van der Waals surface area (Å²) in [6, 6.07) is 15.1. The highest BCUT2D eigenvalue weighted by molar-refractivity contribution is 5.97. The van der Waals surface area contributed by atoms with Crippen molar-refractivity contribution in [3.8, 4) is 11.5 Å². The summed E-state index contributed by atoms with van der Waals surface area (Å²) in [5, 5.41) is 2.92. The number of Topliss-reactive ketones (excluding diaryl/α,β-unsaturated/α-hetero) is 1. The average molecular weight is 355 g/mol. The molecule has 0 bridgehead atoms. The zero-order chi connectivity index (χ0) is 18.9. The highest BCUT2D eigenvalue weighted by atomic mass is 16.5. The molecule has 0 fully saturated rings. The minimum atomic E-state index is -0.220. The van der Waals surface area contributed by atoms with Crippen molar-refractivity contribution in [1.29, 1.82) is 0 Å². The first-order chi connectivity index (χ1) is 12.5. The molecule has 0 aliphatic rings. The first kappa shape index (κ1) is 19.5. The molecular formula is C21H25NO4. The van der Waals surface area contributed by atoms with Gasteiger partial charge >= 0.3 is 0 Å². The maximum Gasteiger partial charge on any atom is 0.258 e. The van der Waals surface area contributed by atoms with Crippen molar-refractivity contribution in [3.63, 3.8) is 0 Å². The number of aryl methyl sites for hydroxylation is 1. The summed E-state index contributed by atoms with van der Waals surface area (Å²) >= 11 is 0. The number of ether oxygens (including phenoxy) is 2. The molecule has 5 heteroatoms. The highest BCUT2D eigenvalue weighted by Crippen LogP contribution is 2.25. The lowest BCUT2D eigenvalue weighted by atomic mass is 10.1. The number of carbonyl (C=O) groups is 2. The fourth-order valence-electron chi connectivity index (χ4n) is 2.60. The van der Waals surface area contributed by atoms with Gasteiger partial charge in [0.15, 0.2) is 12.4 Å². The van der Waals surface area contributed by atoms with Crippen LogP contribution in [0.15, 0.2) is 48.5 Å². The summed E-state index contributed by atoms with van der Waals surface area (Å²) in [4.78, 5) is 23.8. The Morgan fingerprint density at radius 1 is 1.12 bits per heavy atom. The van der Waals surface area contributed by atoms with Crippen LogP contribution in [0.4, 0.5) is 0 Å². The van der Waals surface area contributed by atoms with Crippen LogP contribution in [0.25, 0.3) is 0 Å². The number of methoxy groups -OCH3 is 1. The number of hydrogen-bond acceptors (Lipinski definition) is 4. The molecule has 138 valence electrons. The number of carbonyl (C=O) groups excluding carboxylic acids is 2. The van der Waals surface area contributed by atoms with E-state index in [-0.39, 0.29) is 24.3 Å². The van der Waals surface area contributed by atoms with Crippen molar-refractivity contribution in [2.24, 2.45) is 0 Å². The predicted octanol–water partition coefficient (Wildman–Crippen LogP) is 3.41. The summed E-state index contributed by atoms with van der Waals surface area (Å²) in [5.41, 5.74) is 1.67. The molecule has 2 aromatic carbocycles. The van der Waals surface area contributed by atoms with Gasteiger partial charge in [0.05, 0.1) is 12.7 Å². The fourth-order valence-corrected chi connectivity index (χ4v) is 2.60. The quantitative estimate of drug-likeness (QED) is 0.700. The number of benzene rings is 2. The van der Waals surface area contributed by atoms with E-state index < -0.39 is 0 Å². The van der Waals surface area contributed by atoms with Crippen molar-refractivity contribution < 1.29 is 19.1 Å². The van der Waals surface area contributed by atoms with Gasteiger partial charge in [-0.05, 0) is 44.4 Å². The third kappa shape index (κ3) is 5.92. The third-order valence-electron chi connectivity index (χ3n) is 4.04. The van der Waals surface area contributed by atoms with Crippen LogP contribution in [0.3, 0.4) is 0 Å². The Labute approximate surface area is 154 Å². The van der Waals surface area contributed by atoms with Crippen molar-refractivity contribution in [2.75, 3.05) is 13.7 Å². The van der Waals surface area contributed by atoms with Crippen molar-refractivity contribution in [1.82, 2.24) is 5.32 Å². The van der Waals surface area contributed by atoms with Crippen molar-refractivity contribution in [3.05, 3.63) is 59.7 Å². The molecule has 0 heterocycles. The molecule has 26 heavy (non-hydrogen) atoms. The van der Waals surface area contributed by atoms with E-state index in [0.717, 1.165) is 12.8 Å². The van der Waals surface area contributed by atoms with E-state index in [9.17, 15) is 9.59 Å². The number of amides is 1. The van der Waals surface area contributed by atoms with E-state index in [1.165, 1.54) is 19.6 Å². The first-order valence-electron chi connectivity index (χ1n) is 8.64. The Morgan fingerprint density at radius 3 is 2.50 bits per heavy atom. The molecule has 0 radical (unpaired) electrons. The van der Waals surface area contributed by atoms with Crippen LogP contribution in [-0.4, -0.2) is 31.4 Å². The summed E-state index contributed by atoms with van der Waals surface area (Å²) in [6.07, 6.45) is 1.74. The van der Waals surface area contributed by atoms with Crippen LogP contribution < -0.4 is 14.8 Å². The molecule has 0 saturated carbocycles. The fraction of sp³-hybridized carbons (Fsp3) is 0.333. The Balaban J connectivity index is 1.85. The number of hydrogen-bond donors (Lipinski definition) is 1. The first-order valence-corrected chi connectivity index (χ1v) is 8.64. The molecule has 0 unspecified atom stereocenters. The standard InChI is InChI=1S/C21H25NO4/c1-15(9-10-17-7-5-4-6-8-17)22-21(24)14-26-20-13-18(25-3)11-12-19(20)16(2)23/h4-8,11-13,15H,9-10,14H2,1-3H3,(H,22,24)/t15-/m0/s1. The van der Waals surface area contributed by atoms with Gasteiger partial charge in [-0.3, -0.25) is 9.59 Å². The number of ketones is 1. The van der Waals surface area contributed by atoms with Gasteiger partial charge in [0.2, 0.25) is 0 Å². The van der Waals surface area contributed by atoms with Gasteiger partial charge in [0, 0.05) is 12.1 Å². The van der Waals surface area contributed by atoms with E-state index >= 15 is 0 Å². The van der Waals surface area contributed by atoms with Crippen LogP contribution >= 0.6 is 0 Å². The second-order valence-corrected chi connectivity index (χ2v) is 6.20. The zero-order valence-corrected chi connectivity index (χ0v) is 15.5.